The van der Waals surface area contributed by atoms with Crippen molar-refractivity contribution in [2.75, 3.05) is 19.5 Å². The van der Waals surface area contributed by atoms with Gasteiger partial charge in [0.25, 0.3) is 0 Å². The SMILES string of the molecule is CNc1c(C)c(C(F)(F)F)nc2cc(OC)c(Cl)cc12. The summed E-state index contributed by atoms with van der Waals surface area (Å²) in [5.74, 6) is 0.283. The lowest BCUT2D eigenvalue weighted by Gasteiger charge is -2.16. The lowest BCUT2D eigenvalue weighted by molar-refractivity contribution is -0.141. The van der Waals surface area contributed by atoms with E-state index >= 15 is 0 Å². The van der Waals surface area contributed by atoms with Crippen LogP contribution in [0.5, 0.6) is 5.75 Å². The third-order valence-corrected chi connectivity index (χ3v) is 3.32. The third-order valence-electron chi connectivity index (χ3n) is 3.02. The second-order valence-corrected chi connectivity index (χ2v) is 4.62. The zero-order valence-corrected chi connectivity index (χ0v) is 11.8. The Morgan fingerprint density at radius 3 is 2.45 bits per heavy atom. The largest absolute Gasteiger partial charge is 0.495 e. The van der Waals surface area contributed by atoms with Gasteiger partial charge in [0.2, 0.25) is 0 Å². The van der Waals surface area contributed by atoms with Gasteiger partial charge in [-0.1, -0.05) is 11.6 Å². The summed E-state index contributed by atoms with van der Waals surface area (Å²) < 4.78 is 44.0. The molecular weight excluding hydrogens is 293 g/mol. The number of hydrogen-bond donors (Lipinski definition) is 1. The first-order chi connectivity index (χ1) is 9.29. The van der Waals surface area contributed by atoms with Crippen LogP contribution in [0, 0.1) is 6.92 Å². The predicted molar refractivity (Wildman–Crippen MR) is 72.6 cm³/mol. The molecule has 0 atom stereocenters. The summed E-state index contributed by atoms with van der Waals surface area (Å²) in [6.45, 7) is 1.37. The van der Waals surface area contributed by atoms with Crippen molar-refractivity contribution in [2.45, 2.75) is 13.1 Å². The second kappa shape index (κ2) is 5.01. The van der Waals surface area contributed by atoms with Gasteiger partial charge in [0.05, 0.1) is 17.6 Å². The molecule has 0 aliphatic carbocycles. The molecule has 2 aromatic rings. The molecule has 1 aromatic carbocycles. The minimum Gasteiger partial charge on any atom is -0.495 e. The van der Waals surface area contributed by atoms with E-state index in [4.69, 9.17) is 16.3 Å². The molecule has 2 rings (SSSR count). The van der Waals surface area contributed by atoms with Gasteiger partial charge >= 0.3 is 6.18 Å². The maximum Gasteiger partial charge on any atom is 0.433 e. The van der Waals surface area contributed by atoms with Crippen LogP contribution in [0.3, 0.4) is 0 Å². The number of nitrogens with zero attached hydrogens (tertiary/aromatic N) is 1. The standard InChI is InChI=1S/C13H12ClF3N2O/c1-6-11(18-2)7-4-8(14)10(20-3)5-9(7)19-12(6)13(15,16)17/h4-5H,1-3H3,(H,18,19). The van der Waals surface area contributed by atoms with E-state index in [1.807, 2.05) is 0 Å². The average Bonchev–Trinajstić information content (AvgIpc) is 2.36. The van der Waals surface area contributed by atoms with Crippen molar-refractivity contribution in [3.63, 3.8) is 0 Å². The number of pyridine rings is 1. The van der Waals surface area contributed by atoms with E-state index in [1.165, 1.54) is 20.1 Å². The molecular formula is C13H12ClF3N2O. The summed E-state index contributed by atoms with van der Waals surface area (Å²) >= 11 is 6.01. The Kier molecular flexibility index (Phi) is 3.69. The molecule has 108 valence electrons. The Morgan fingerprint density at radius 1 is 1.30 bits per heavy atom. The Balaban J connectivity index is 2.88. The van der Waals surface area contributed by atoms with Crippen LogP contribution >= 0.6 is 11.6 Å². The van der Waals surface area contributed by atoms with E-state index in [9.17, 15) is 13.2 Å². The maximum atomic E-state index is 13.0. The van der Waals surface area contributed by atoms with E-state index in [0.29, 0.717) is 16.1 Å². The predicted octanol–water partition coefficient (Wildman–Crippen LogP) is 4.27. The van der Waals surface area contributed by atoms with Crippen molar-refractivity contribution in [3.05, 3.63) is 28.4 Å². The molecule has 0 spiro atoms. The summed E-state index contributed by atoms with van der Waals surface area (Å²) in [7, 11) is 2.95. The van der Waals surface area contributed by atoms with Crippen LogP contribution in [-0.4, -0.2) is 19.1 Å². The molecule has 0 radical (unpaired) electrons. The van der Waals surface area contributed by atoms with Crippen molar-refractivity contribution in [3.8, 4) is 5.75 Å². The second-order valence-electron chi connectivity index (χ2n) is 4.21. The Labute approximate surface area is 118 Å². The first kappa shape index (κ1) is 14.7. The van der Waals surface area contributed by atoms with Gasteiger partial charge in [-0.05, 0) is 13.0 Å². The van der Waals surface area contributed by atoms with Crippen molar-refractivity contribution in [2.24, 2.45) is 0 Å². The molecule has 7 heteroatoms. The van der Waals surface area contributed by atoms with Crippen molar-refractivity contribution in [1.29, 1.82) is 0 Å². The van der Waals surface area contributed by atoms with Gasteiger partial charge < -0.3 is 10.1 Å². The van der Waals surface area contributed by atoms with Crippen molar-refractivity contribution < 1.29 is 17.9 Å². The lowest BCUT2D eigenvalue weighted by atomic mass is 10.1. The zero-order valence-electron chi connectivity index (χ0n) is 11.0. The molecule has 0 aliphatic rings. The topological polar surface area (TPSA) is 34.2 Å². The number of hydrogen-bond acceptors (Lipinski definition) is 3. The maximum absolute atomic E-state index is 13.0. The molecule has 0 amide bonds. The van der Waals surface area contributed by atoms with Crippen LogP contribution in [0.2, 0.25) is 5.02 Å². The molecule has 3 nitrogen and oxygen atoms in total. The Bertz CT molecular complexity index is 671. The van der Waals surface area contributed by atoms with Crippen LogP contribution < -0.4 is 10.1 Å². The lowest BCUT2D eigenvalue weighted by Crippen LogP contribution is -2.12. The summed E-state index contributed by atoms with van der Waals surface area (Å²) in [6.07, 6.45) is -4.52. The van der Waals surface area contributed by atoms with Gasteiger partial charge in [-0.15, -0.1) is 0 Å². The first-order valence-corrected chi connectivity index (χ1v) is 6.10. The van der Waals surface area contributed by atoms with Gasteiger partial charge in [0.1, 0.15) is 11.4 Å². The Hall–Kier alpha value is -1.69. The number of alkyl halides is 3. The summed E-state index contributed by atoms with van der Waals surface area (Å²) in [4.78, 5) is 3.70. The normalized spacial score (nSPS) is 11.8. The molecule has 1 aromatic heterocycles. The molecule has 0 saturated carbocycles. The van der Waals surface area contributed by atoms with Crippen molar-refractivity contribution in [1.82, 2.24) is 4.98 Å². The van der Waals surface area contributed by atoms with Gasteiger partial charge in [-0.25, -0.2) is 4.98 Å². The van der Waals surface area contributed by atoms with Crippen LogP contribution in [0.15, 0.2) is 12.1 Å². The number of halogens is 4. The van der Waals surface area contributed by atoms with Crippen LogP contribution in [0.1, 0.15) is 11.3 Å². The highest BCUT2D eigenvalue weighted by Crippen LogP contribution is 2.39. The molecule has 1 heterocycles. The van der Waals surface area contributed by atoms with Crippen molar-refractivity contribution >= 4 is 28.2 Å². The quantitative estimate of drug-likeness (QED) is 0.900. The van der Waals surface area contributed by atoms with Gasteiger partial charge in [0.15, 0.2) is 0 Å². The molecule has 0 fully saturated rings. The molecule has 0 unspecified atom stereocenters. The molecule has 20 heavy (non-hydrogen) atoms. The molecule has 0 saturated heterocycles. The monoisotopic (exact) mass is 304 g/mol. The van der Waals surface area contributed by atoms with E-state index in [-0.39, 0.29) is 16.8 Å². The number of benzene rings is 1. The fourth-order valence-corrected chi connectivity index (χ4v) is 2.36. The summed E-state index contributed by atoms with van der Waals surface area (Å²) in [6, 6.07) is 2.94. The summed E-state index contributed by atoms with van der Waals surface area (Å²) in [5, 5.41) is 3.61. The van der Waals surface area contributed by atoms with E-state index in [0.717, 1.165) is 0 Å². The van der Waals surface area contributed by atoms with Gasteiger partial charge in [-0.2, -0.15) is 13.2 Å². The minimum atomic E-state index is -4.52. The van der Waals surface area contributed by atoms with E-state index in [1.54, 1.807) is 13.1 Å². The molecule has 0 bridgehead atoms. The van der Waals surface area contributed by atoms with E-state index in [2.05, 4.69) is 10.3 Å². The van der Waals surface area contributed by atoms with Crippen LogP contribution in [0.25, 0.3) is 10.9 Å². The molecule has 1 N–H and O–H groups in total. The van der Waals surface area contributed by atoms with Crippen LogP contribution in [-0.2, 0) is 6.18 Å². The van der Waals surface area contributed by atoms with E-state index < -0.39 is 11.9 Å². The smallest absolute Gasteiger partial charge is 0.433 e. The number of rotatable bonds is 2. The first-order valence-electron chi connectivity index (χ1n) is 5.72. The number of fused-ring (bicyclic) bond motifs is 1. The summed E-state index contributed by atoms with van der Waals surface area (Å²) in [5.41, 5.74) is -0.354. The average molecular weight is 305 g/mol. The number of nitrogens with one attached hydrogen (secondary N) is 1. The Morgan fingerprint density at radius 2 is 1.95 bits per heavy atom. The number of methoxy groups -OCH3 is 1. The number of anilines is 1. The van der Waals surface area contributed by atoms with Gasteiger partial charge in [0, 0.05) is 29.8 Å². The van der Waals surface area contributed by atoms with Gasteiger partial charge in [-0.3, -0.25) is 0 Å². The van der Waals surface area contributed by atoms with Crippen LogP contribution in [0.4, 0.5) is 18.9 Å². The highest BCUT2D eigenvalue weighted by atomic mass is 35.5. The fraction of sp³-hybridized carbons (Fsp3) is 0.308. The highest BCUT2D eigenvalue weighted by molar-refractivity contribution is 6.33. The molecule has 0 aliphatic heterocycles. The fourth-order valence-electron chi connectivity index (χ4n) is 2.11. The number of aromatic nitrogens is 1. The minimum absolute atomic E-state index is 0.0359. The third kappa shape index (κ3) is 2.35. The zero-order chi connectivity index (χ0) is 15.1. The highest BCUT2D eigenvalue weighted by Gasteiger charge is 2.36. The number of ether oxygens (including phenoxy) is 1.